The first-order valence-corrected chi connectivity index (χ1v) is 7.43. The van der Waals surface area contributed by atoms with E-state index in [1.807, 2.05) is 13.8 Å². The van der Waals surface area contributed by atoms with Gasteiger partial charge < -0.3 is 24.7 Å². The predicted octanol–water partition coefficient (Wildman–Crippen LogP) is 0.763. The number of aliphatic hydroxyl groups is 1. The first-order chi connectivity index (χ1) is 9.96. The lowest BCUT2D eigenvalue weighted by atomic mass is 10.1. The van der Waals surface area contributed by atoms with E-state index in [9.17, 15) is 19.8 Å². The molecule has 1 saturated heterocycles. The molecule has 0 aromatic heterocycles. The summed E-state index contributed by atoms with van der Waals surface area (Å²) in [6.07, 6.45) is 0.892. The minimum atomic E-state index is -1.07. The third kappa shape index (κ3) is 4.31. The maximum atomic E-state index is 12.7. The summed E-state index contributed by atoms with van der Waals surface area (Å²) in [6, 6.07) is -1.24. The topological polar surface area (TPSA) is 90.3 Å². The van der Waals surface area contributed by atoms with Crippen LogP contribution >= 0.6 is 0 Å². The van der Waals surface area contributed by atoms with Gasteiger partial charge in [0.2, 0.25) is 0 Å². The normalized spacial score (nSPS) is 21.9. The number of methoxy groups -OCH3 is 1. The van der Waals surface area contributed by atoms with Crippen LogP contribution in [0.3, 0.4) is 0 Å². The summed E-state index contributed by atoms with van der Waals surface area (Å²) in [5, 5.41) is 18.9. The van der Waals surface area contributed by atoms with E-state index in [2.05, 4.69) is 0 Å². The van der Waals surface area contributed by atoms with Crippen molar-refractivity contribution < 1.29 is 24.5 Å². The number of carboxylic acids is 1. The van der Waals surface area contributed by atoms with Gasteiger partial charge in [0, 0.05) is 32.7 Å². The van der Waals surface area contributed by atoms with Crippen molar-refractivity contribution in [1.29, 1.82) is 0 Å². The van der Waals surface area contributed by atoms with Gasteiger partial charge in [-0.25, -0.2) is 9.59 Å². The number of β-amino-alcohol motifs (C(OH)–C–C–N with tert-alkyl or cyclic N) is 1. The van der Waals surface area contributed by atoms with Crippen LogP contribution in [0.1, 0.15) is 33.1 Å². The van der Waals surface area contributed by atoms with Gasteiger partial charge in [0.05, 0.1) is 12.7 Å². The molecule has 2 amide bonds. The minimum absolute atomic E-state index is 0.0415. The molecule has 0 spiro atoms. The summed E-state index contributed by atoms with van der Waals surface area (Å²) in [6.45, 7) is 4.87. The number of nitrogens with zero attached hydrogens (tertiary/aromatic N) is 2. The number of aliphatic hydroxyl groups excluding tert-OH is 1. The zero-order valence-corrected chi connectivity index (χ0v) is 13.0. The molecule has 2 N–H and O–H groups in total. The summed E-state index contributed by atoms with van der Waals surface area (Å²) >= 11 is 0. The molecule has 7 heteroatoms. The molecule has 1 aliphatic rings. The molecule has 1 rings (SSSR count). The Balaban J connectivity index is 2.89. The van der Waals surface area contributed by atoms with E-state index in [1.165, 1.54) is 4.90 Å². The summed E-state index contributed by atoms with van der Waals surface area (Å²) in [5.74, 6) is -1.07. The molecule has 21 heavy (non-hydrogen) atoms. The monoisotopic (exact) mass is 302 g/mol. The minimum Gasteiger partial charge on any atom is -0.480 e. The molecule has 122 valence electrons. The van der Waals surface area contributed by atoms with Crippen LogP contribution in [0.15, 0.2) is 0 Å². The van der Waals surface area contributed by atoms with Crippen molar-refractivity contribution in [2.75, 3.05) is 26.8 Å². The molecule has 0 aromatic rings. The van der Waals surface area contributed by atoms with Crippen molar-refractivity contribution in [1.82, 2.24) is 9.80 Å². The molecule has 2 atom stereocenters. The van der Waals surface area contributed by atoms with Gasteiger partial charge in [-0.15, -0.1) is 0 Å². The Morgan fingerprint density at radius 1 is 1.38 bits per heavy atom. The highest BCUT2D eigenvalue weighted by Gasteiger charge is 2.41. The number of urea groups is 1. The van der Waals surface area contributed by atoms with Crippen LogP contribution in [0.4, 0.5) is 4.79 Å². The Bertz CT molecular complexity index is 359. The van der Waals surface area contributed by atoms with E-state index in [0.29, 0.717) is 13.2 Å². The van der Waals surface area contributed by atoms with Crippen LogP contribution in [0, 0.1) is 0 Å². The fourth-order valence-electron chi connectivity index (χ4n) is 2.78. The fourth-order valence-corrected chi connectivity index (χ4v) is 2.78. The number of aliphatic carboxylic acids is 1. The zero-order chi connectivity index (χ0) is 16.0. The SMILES string of the molecule is CCC(CC)N(CCOC)C(=O)N1C[C@H](O)C[C@H]1C(=O)O. The van der Waals surface area contributed by atoms with Crippen LogP contribution in [-0.2, 0) is 9.53 Å². The maximum absolute atomic E-state index is 12.7. The number of ether oxygens (including phenoxy) is 1. The number of amides is 2. The van der Waals surface area contributed by atoms with E-state index in [-0.39, 0.29) is 25.0 Å². The van der Waals surface area contributed by atoms with Gasteiger partial charge in [0.25, 0.3) is 0 Å². The zero-order valence-electron chi connectivity index (χ0n) is 13.0. The molecule has 1 aliphatic heterocycles. The second-order valence-electron chi connectivity index (χ2n) is 5.34. The van der Waals surface area contributed by atoms with Crippen LogP contribution in [-0.4, -0.2) is 77.0 Å². The lowest BCUT2D eigenvalue weighted by Crippen LogP contribution is -2.52. The number of rotatable bonds is 7. The third-order valence-electron chi connectivity index (χ3n) is 3.98. The van der Waals surface area contributed by atoms with Crippen molar-refractivity contribution in [3.63, 3.8) is 0 Å². The number of carbonyl (C=O) groups is 2. The molecule has 1 heterocycles. The quantitative estimate of drug-likeness (QED) is 0.724. The Morgan fingerprint density at radius 2 is 2.00 bits per heavy atom. The average molecular weight is 302 g/mol. The van der Waals surface area contributed by atoms with Crippen molar-refractivity contribution in [2.24, 2.45) is 0 Å². The molecule has 0 aliphatic carbocycles. The van der Waals surface area contributed by atoms with Gasteiger partial charge in [0.15, 0.2) is 0 Å². The molecule has 0 radical (unpaired) electrons. The number of carbonyl (C=O) groups excluding carboxylic acids is 1. The lowest BCUT2D eigenvalue weighted by Gasteiger charge is -2.35. The highest BCUT2D eigenvalue weighted by molar-refractivity contribution is 5.83. The highest BCUT2D eigenvalue weighted by atomic mass is 16.5. The van der Waals surface area contributed by atoms with E-state index in [1.54, 1.807) is 12.0 Å². The summed E-state index contributed by atoms with van der Waals surface area (Å²) in [5.41, 5.74) is 0. The van der Waals surface area contributed by atoms with Gasteiger partial charge in [-0.1, -0.05) is 13.8 Å². The molecule has 1 fully saturated rings. The third-order valence-corrected chi connectivity index (χ3v) is 3.98. The van der Waals surface area contributed by atoms with Crippen molar-refractivity contribution in [3.05, 3.63) is 0 Å². The van der Waals surface area contributed by atoms with Gasteiger partial charge in [0.1, 0.15) is 6.04 Å². The molecular weight excluding hydrogens is 276 g/mol. The van der Waals surface area contributed by atoms with E-state index >= 15 is 0 Å². The first kappa shape index (κ1) is 17.7. The second kappa shape index (κ2) is 8.19. The molecule has 7 nitrogen and oxygen atoms in total. The van der Waals surface area contributed by atoms with Crippen LogP contribution < -0.4 is 0 Å². The van der Waals surface area contributed by atoms with Gasteiger partial charge in [-0.05, 0) is 12.8 Å². The summed E-state index contributed by atoms with van der Waals surface area (Å²) in [7, 11) is 1.56. The van der Waals surface area contributed by atoms with Crippen LogP contribution in [0.2, 0.25) is 0 Å². The molecule has 0 saturated carbocycles. The van der Waals surface area contributed by atoms with Crippen molar-refractivity contribution in [3.8, 4) is 0 Å². The Morgan fingerprint density at radius 3 is 2.48 bits per heavy atom. The first-order valence-electron chi connectivity index (χ1n) is 7.43. The maximum Gasteiger partial charge on any atom is 0.326 e. The summed E-state index contributed by atoms with van der Waals surface area (Å²) < 4.78 is 5.04. The highest BCUT2D eigenvalue weighted by Crippen LogP contribution is 2.22. The van der Waals surface area contributed by atoms with Crippen molar-refractivity contribution in [2.45, 2.75) is 51.3 Å². The van der Waals surface area contributed by atoms with E-state index < -0.39 is 18.1 Å². The molecule has 0 aromatic carbocycles. The average Bonchev–Trinajstić information content (AvgIpc) is 2.85. The van der Waals surface area contributed by atoms with Crippen LogP contribution in [0.25, 0.3) is 0 Å². The number of carboxylic acid groups (broad SMARTS) is 1. The largest absolute Gasteiger partial charge is 0.480 e. The van der Waals surface area contributed by atoms with Crippen LogP contribution in [0.5, 0.6) is 0 Å². The van der Waals surface area contributed by atoms with E-state index in [0.717, 1.165) is 12.8 Å². The van der Waals surface area contributed by atoms with Gasteiger partial charge in [-0.2, -0.15) is 0 Å². The second-order valence-corrected chi connectivity index (χ2v) is 5.34. The van der Waals surface area contributed by atoms with E-state index in [4.69, 9.17) is 4.74 Å². The number of likely N-dealkylation sites (tertiary alicyclic amines) is 1. The standard InChI is InChI=1S/C14H26N2O5/c1-4-10(5-2)15(6-7-21-3)14(20)16-9-11(17)8-12(16)13(18)19/h10-12,17H,4-9H2,1-3H3,(H,18,19)/t11-,12+/m1/s1. The molecule has 0 unspecified atom stereocenters. The lowest BCUT2D eigenvalue weighted by molar-refractivity contribution is -0.141. The Hall–Kier alpha value is -1.34. The summed E-state index contributed by atoms with van der Waals surface area (Å²) in [4.78, 5) is 26.9. The fraction of sp³-hybridized carbons (Fsp3) is 0.857. The number of hydrogen-bond acceptors (Lipinski definition) is 4. The Kier molecular flexibility index (Phi) is 6.91. The molecular formula is C14H26N2O5. The molecule has 0 bridgehead atoms. The predicted molar refractivity (Wildman–Crippen MR) is 77.1 cm³/mol. The van der Waals surface area contributed by atoms with Gasteiger partial charge >= 0.3 is 12.0 Å². The number of hydrogen-bond donors (Lipinski definition) is 2. The van der Waals surface area contributed by atoms with Gasteiger partial charge in [-0.3, -0.25) is 0 Å². The van der Waals surface area contributed by atoms with Crippen molar-refractivity contribution >= 4 is 12.0 Å². The Labute approximate surface area is 125 Å². The smallest absolute Gasteiger partial charge is 0.326 e.